The predicted octanol–water partition coefficient (Wildman–Crippen LogP) is 1.59. The van der Waals surface area contributed by atoms with Crippen LogP contribution in [0.2, 0.25) is 0 Å². The lowest BCUT2D eigenvalue weighted by Gasteiger charge is -2.17. The number of hydrogen-bond donors (Lipinski definition) is 1. The number of rotatable bonds is 1. The van der Waals surface area contributed by atoms with Gasteiger partial charge in [0.2, 0.25) is 0 Å². The van der Waals surface area contributed by atoms with Gasteiger partial charge in [0, 0.05) is 10.9 Å². The molecule has 0 aliphatic carbocycles. The highest BCUT2D eigenvalue weighted by molar-refractivity contribution is 7.91. The van der Waals surface area contributed by atoms with E-state index in [1.807, 2.05) is 24.4 Å². The molecule has 1 N–H and O–H groups in total. The molecule has 0 amide bonds. The molecule has 1 aromatic rings. The fraction of sp³-hybridized carbons (Fsp3) is 0.600. The minimum atomic E-state index is -2.88. The smallest absolute Gasteiger partial charge is 0.152 e. The molecule has 1 aromatic heterocycles. The van der Waals surface area contributed by atoms with Gasteiger partial charge in [-0.25, -0.2) is 8.42 Å². The molecule has 2 unspecified atom stereocenters. The van der Waals surface area contributed by atoms with Gasteiger partial charge in [-0.3, -0.25) is 0 Å². The first-order valence-corrected chi connectivity index (χ1v) is 7.77. The molecule has 1 fully saturated rings. The fourth-order valence-electron chi connectivity index (χ4n) is 1.82. The molecule has 3 nitrogen and oxygen atoms in total. The van der Waals surface area contributed by atoms with E-state index in [4.69, 9.17) is 0 Å². The molecular formula is C10H15NO2S2. The predicted molar refractivity (Wildman–Crippen MR) is 62.9 cm³/mol. The van der Waals surface area contributed by atoms with Crippen molar-refractivity contribution in [3.05, 3.63) is 22.4 Å². The van der Waals surface area contributed by atoms with Crippen LogP contribution in [0.15, 0.2) is 17.5 Å². The normalized spacial score (nSPS) is 31.0. The van der Waals surface area contributed by atoms with Crippen LogP contribution >= 0.6 is 11.3 Å². The molecule has 5 heteroatoms. The van der Waals surface area contributed by atoms with E-state index in [1.165, 1.54) is 0 Å². The second-order valence-corrected chi connectivity index (χ2v) is 7.25. The van der Waals surface area contributed by atoms with Crippen molar-refractivity contribution in [1.29, 1.82) is 0 Å². The maximum absolute atomic E-state index is 11.7. The second kappa shape index (κ2) is 4.23. The average molecular weight is 245 g/mol. The molecule has 2 rings (SSSR count). The molecule has 2 heterocycles. The molecule has 15 heavy (non-hydrogen) atoms. The minimum Gasteiger partial charge on any atom is -0.306 e. The summed E-state index contributed by atoms with van der Waals surface area (Å²) in [6.07, 6.45) is 0.713. The molecule has 1 saturated heterocycles. The van der Waals surface area contributed by atoms with Crippen LogP contribution in [0.1, 0.15) is 24.3 Å². The number of nitrogens with one attached hydrogen (secondary N) is 1. The summed E-state index contributed by atoms with van der Waals surface area (Å²) < 4.78 is 23.4. The number of sulfone groups is 1. The maximum atomic E-state index is 11.7. The first-order chi connectivity index (χ1) is 7.07. The van der Waals surface area contributed by atoms with Crippen molar-refractivity contribution in [2.24, 2.45) is 0 Å². The van der Waals surface area contributed by atoms with Crippen molar-refractivity contribution in [2.45, 2.75) is 25.4 Å². The summed E-state index contributed by atoms with van der Waals surface area (Å²) in [5.41, 5.74) is 0. The third kappa shape index (κ3) is 2.80. The van der Waals surface area contributed by atoms with Gasteiger partial charge in [0.25, 0.3) is 0 Å². The van der Waals surface area contributed by atoms with E-state index < -0.39 is 9.84 Å². The number of thiophene rings is 1. The third-order valence-corrected chi connectivity index (χ3v) is 5.34. The Bertz CT molecular complexity index is 411. The van der Waals surface area contributed by atoms with Crippen LogP contribution < -0.4 is 5.32 Å². The lowest BCUT2D eigenvalue weighted by atomic mass is 10.2. The Labute approximate surface area is 94.4 Å². The maximum Gasteiger partial charge on any atom is 0.152 e. The van der Waals surface area contributed by atoms with E-state index in [0.717, 1.165) is 4.88 Å². The Kier molecular flexibility index (Phi) is 3.13. The summed E-state index contributed by atoms with van der Waals surface area (Å²) in [6, 6.07) is 4.21. The zero-order valence-electron chi connectivity index (χ0n) is 8.64. The van der Waals surface area contributed by atoms with Gasteiger partial charge >= 0.3 is 0 Å². The largest absolute Gasteiger partial charge is 0.306 e. The standard InChI is InChI=1S/C10H15NO2S2/c1-8-4-6-15(12,13)7-9(11-8)10-3-2-5-14-10/h2-3,5,8-9,11H,4,6-7H2,1H3. The Morgan fingerprint density at radius 2 is 2.33 bits per heavy atom. The Hall–Kier alpha value is -0.390. The lowest BCUT2D eigenvalue weighted by Crippen LogP contribution is -2.30. The van der Waals surface area contributed by atoms with Gasteiger partial charge < -0.3 is 5.32 Å². The minimum absolute atomic E-state index is 0.0208. The monoisotopic (exact) mass is 245 g/mol. The van der Waals surface area contributed by atoms with Crippen molar-refractivity contribution in [3.63, 3.8) is 0 Å². The third-order valence-electron chi connectivity index (χ3n) is 2.65. The Morgan fingerprint density at radius 3 is 3.00 bits per heavy atom. The van der Waals surface area contributed by atoms with Crippen LogP contribution in [0.3, 0.4) is 0 Å². The van der Waals surface area contributed by atoms with Crippen molar-refractivity contribution in [2.75, 3.05) is 11.5 Å². The van der Waals surface area contributed by atoms with Gasteiger partial charge in [-0.1, -0.05) is 6.07 Å². The number of hydrogen-bond acceptors (Lipinski definition) is 4. The first-order valence-electron chi connectivity index (χ1n) is 5.07. The Balaban J connectivity index is 2.24. The fourth-order valence-corrected chi connectivity index (χ4v) is 4.38. The Morgan fingerprint density at radius 1 is 1.53 bits per heavy atom. The SMILES string of the molecule is CC1CCS(=O)(=O)CC(c2cccs2)N1. The summed E-state index contributed by atoms with van der Waals surface area (Å²) in [4.78, 5) is 1.12. The molecule has 0 saturated carbocycles. The summed E-state index contributed by atoms with van der Waals surface area (Å²) >= 11 is 1.61. The molecule has 84 valence electrons. The van der Waals surface area contributed by atoms with Crippen LogP contribution in [0.4, 0.5) is 0 Å². The summed E-state index contributed by atoms with van der Waals surface area (Å²) in [6.45, 7) is 2.04. The van der Waals surface area contributed by atoms with Crippen LogP contribution in [-0.2, 0) is 9.84 Å². The zero-order valence-corrected chi connectivity index (χ0v) is 10.3. The van der Waals surface area contributed by atoms with Crippen LogP contribution in [0.5, 0.6) is 0 Å². The van der Waals surface area contributed by atoms with E-state index in [0.29, 0.717) is 12.2 Å². The van der Waals surface area contributed by atoms with E-state index in [-0.39, 0.29) is 17.8 Å². The highest BCUT2D eigenvalue weighted by atomic mass is 32.2. The van der Waals surface area contributed by atoms with Crippen LogP contribution in [0.25, 0.3) is 0 Å². The quantitative estimate of drug-likeness (QED) is 0.817. The first kappa shape index (κ1) is 11.1. The molecule has 1 aliphatic rings. The van der Waals surface area contributed by atoms with E-state index in [1.54, 1.807) is 11.3 Å². The highest BCUT2D eigenvalue weighted by Crippen LogP contribution is 2.24. The molecular weight excluding hydrogens is 230 g/mol. The van der Waals surface area contributed by atoms with Gasteiger partial charge in [-0.15, -0.1) is 11.3 Å². The zero-order chi connectivity index (χ0) is 10.9. The lowest BCUT2D eigenvalue weighted by molar-refractivity contribution is 0.489. The van der Waals surface area contributed by atoms with Crippen molar-refractivity contribution in [1.82, 2.24) is 5.32 Å². The average Bonchev–Trinajstić information content (AvgIpc) is 2.62. The van der Waals surface area contributed by atoms with Gasteiger partial charge in [-0.05, 0) is 24.8 Å². The molecule has 0 bridgehead atoms. The molecule has 2 atom stereocenters. The van der Waals surface area contributed by atoms with Gasteiger partial charge in [0.1, 0.15) is 0 Å². The van der Waals surface area contributed by atoms with Crippen molar-refractivity contribution < 1.29 is 8.42 Å². The van der Waals surface area contributed by atoms with Gasteiger partial charge in [-0.2, -0.15) is 0 Å². The summed E-state index contributed by atoms with van der Waals surface area (Å²) in [7, 11) is -2.88. The summed E-state index contributed by atoms with van der Waals surface area (Å²) in [5.74, 6) is 0.543. The molecule has 1 aliphatic heterocycles. The molecule has 0 spiro atoms. The molecule has 0 aromatic carbocycles. The van der Waals surface area contributed by atoms with Gasteiger partial charge in [0.05, 0.1) is 17.5 Å². The topological polar surface area (TPSA) is 46.2 Å². The second-order valence-electron chi connectivity index (χ2n) is 4.04. The van der Waals surface area contributed by atoms with Crippen LogP contribution in [-0.4, -0.2) is 26.0 Å². The van der Waals surface area contributed by atoms with Crippen LogP contribution in [0, 0.1) is 0 Å². The molecule has 0 radical (unpaired) electrons. The van der Waals surface area contributed by atoms with Crippen molar-refractivity contribution >= 4 is 21.2 Å². The van der Waals surface area contributed by atoms with Crippen molar-refractivity contribution in [3.8, 4) is 0 Å². The van der Waals surface area contributed by atoms with E-state index in [2.05, 4.69) is 5.32 Å². The highest BCUT2D eigenvalue weighted by Gasteiger charge is 2.27. The summed E-state index contributed by atoms with van der Waals surface area (Å²) in [5, 5.41) is 5.35. The van der Waals surface area contributed by atoms with E-state index in [9.17, 15) is 8.42 Å². The van der Waals surface area contributed by atoms with E-state index >= 15 is 0 Å². The van der Waals surface area contributed by atoms with Gasteiger partial charge in [0.15, 0.2) is 9.84 Å².